The fourth-order valence-corrected chi connectivity index (χ4v) is 3.96. The first-order valence-electron chi connectivity index (χ1n) is 7.78. The lowest BCUT2D eigenvalue weighted by molar-refractivity contribution is 0.102. The number of carbonyl (C=O) groups is 1. The van der Waals surface area contributed by atoms with E-state index in [2.05, 4.69) is 47.3 Å². The molecule has 124 valence electrons. The Morgan fingerprint density at radius 3 is 2.76 bits per heavy atom. The number of thiazole rings is 2. The molecule has 0 radical (unpaired) electrons. The van der Waals surface area contributed by atoms with E-state index in [4.69, 9.17) is 0 Å². The number of rotatable bonds is 3. The predicted molar refractivity (Wildman–Crippen MR) is 105 cm³/mol. The highest BCUT2D eigenvalue weighted by Crippen LogP contribution is 2.27. The van der Waals surface area contributed by atoms with Gasteiger partial charge in [0, 0.05) is 16.5 Å². The molecule has 0 saturated carbocycles. The van der Waals surface area contributed by atoms with Gasteiger partial charge in [0.15, 0.2) is 5.13 Å². The van der Waals surface area contributed by atoms with Crippen molar-refractivity contribution in [1.82, 2.24) is 9.97 Å². The van der Waals surface area contributed by atoms with Gasteiger partial charge in [-0.1, -0.05) is 12.1 Å². The zero-order valence-electron chi connectivity index (χ0n) is 13.7. The average molecular weight is 365 g/mol. The summed E-state index contributed by atoms with van der Waals surface area (Å²) in [7, 11) is 0. The van der Waals surface area contributed by atoms with E-state index in [0.717, 1.165) is 21.5 Å². The minimum absolute atomic E-state index is 0.156. The third kappa shape index (κ3) is 3.18. The summed E-state index contributed by atoms with van der Waals surface area (Å²) in [5.41, 5.74) is 7.72. The molecule has 0 saturated heterocycles. The Morgan fingerprint density at radius 2 is 1.92 bits per heavy atom. The number of nitrogens with one attached hydrogen (secondary N) is 1. The van der Waals surface area contributed by atoms with Crippen molar-refractivity contribution >= 4 is 43.9 Å². The van der Waals surface area contributed by atoms with Crippen LogP contribution in [0.4, 0.5) is 5.13 Å². The topological polar surface area (TPSA) is 54.9 Å². The van der Waals surface area contributed by atoms with Crippen molar-refractivity contribution in [3.05, 3.63) is 64.0 Å². The number of fused-ring (bicyclic) bond motifs is 1. The maximum absolute atomic E-state index is 12.5. The van der Waals surface area contributed by atoms with Crippen molar-refractivity contribution in [2.24, 2.45) is 0 Å². The van der Waals surface area contributed by atoms with Gasteiger partial charge in [-0.15, -0.1) is 22.7 Å². The predicted octanol–water partition coefficient (Wildman–Crippen LogP) is 5.29. The van der Waals surface area contributed by atoms with Gasteiger partial charge in [-0.05, 0) is 49.2 Å². The first-order chi connectivity index (χ1) is 12.1. The van der Waals surface area contributed by atoms with Crippen LogP contribution in [0.1, 0.15) is 21.5 Å². The minimum atomic E-state index is -0.156. The van der Waals surface area contributed by atoms with E-state index in [1.165, 1.54) is 33.8 Å². The molecule has 25 heavy (non-hydrogen) atoms. The molecule has 0 aliphatic carbocycles. The molecule has 4 rings (SSSR count). The highest BCUT2D eigenvalue weighted by Gasteiger charge is 2.11. The van der Waals surface area contributed by atoms with E-state index in [-0.39, 0.29) is 5.91 Å². The van der Waals surface area contributed by atoms with Crippen LogP contribution in [0.25, 0.3) is 21.5 Å². The molecule has 1 amide bonds. The third-order valence-corrected chi connectivity index (χ3v) is 5.67. The second kappa shape index (κ2) is 6.38. The van der Waals surface area contributed by atoms with Crippen LogP contribution in [0.5, 0.6) is 0 Å². The lowest BCUT2D eigenvalue weighted by Gasteiger charge is -2.03. The Kier molecular flexibility index (Phi) is 4.07. The summed E-state index contributed by atoms with van der Waals surface area (Å²) in [6, 6.07) is 11.8. The van der Waals surface area contributed by atoms with Crippen molar-refractivity contribution in [2.75, 3.05) is 5.32 Å². The quantitative estimate of drug-likeness (QED) is 0.537. The molecule has 0 aliphatic heterocycles. The van der Waals surface area contributed by atoms with Crippen LogP contribution in [0, 0.1) is 13.8 Å². The van der Waals surface area contributed by atoms with Crippen LogP contribution in [0.15, 0.2) is 47.3 Å². The van der Waals surface area contributed by atoms with Gasteiger partial charge in [-0.3, -0.25) is 10.1 Å². The van der Waals surface area contributed by atoms with Crippen molar-refractivity contribution < 1.29 is 4.79 Å². The van der Waals surface area contributed by atoms with E-state index < -0.39 is 0 Å². The molecular formula is C19H15N3OS2. The average Bonchev–Trinajstić information content (AvgIpc) is 3.25. The molecule has 0 bridgehead atoms. The maximum Gasteiger partial charge on any atom is 0.257 e. The van der Waals surface area contributed by atoms with Gasteiger partial charge in [0.2, 0.25) is 0 Å². The van der Waals surface area contributed by atoms with Crippen molar-refractivity contribution in [2.45, 2.75) is 13.8 Å². The summed E-state index contributed by atoms with van der Waals surface area (Å²) >= 11 is 2.95. The Balaban J connectivity index is 1.55. The summed E-state index contributed by atoms with van der Waals surface area (Å²) in [6.45, 7) is 4.18. The fourth-order valence-electron chi connectivity index (χ4n) is 2.53. The molecule has 2 aromatic carbocycles. The summed E-state index contributed by atoms with van der Waals surface area (Å²) in [4.78, 5) is 21.2. The van der Waals surface area contributed by atoms with Crippen LogP contribution in [-0.2, 0) is 0 Å². The first kappa shape index (κ1) is 15.9. The van der Waals surface area contributed by atoms with Gasteiger partial charge in [0.25, 0.3) is 5.91 Å². The highest BCUT2D eigenvalue weighted by molar-refractivity contribution is 7.16. The number of anilines is 1. The maximum atomic E-state index is 12.5. The summed E-state index contributed by atoms with van der Waals surface area (Å²) in [5.74, 6) is -0.156. The first-order valence-corrected chi connectivity index (χ1v) is 9.54. The van der Waals surface area contributed by atoms with Crippen LogP contribution in [0.3, 0.4) is 0 Å². The number of hydrogen-bond donors (Lipinski definition) is 1. The number of aromatic nitrogens is 2. The van der Waals surface area contributed by atoms with Gasteiger partial charge in [0.05, 0.1) is 21.4 Å². The fraction of sp³-hybridized carbons (Fsp3) is 0.105. The second-order valence-electron chi connectivity index (χ2n) is 5.83. The van der Waals surface area contributed by atoms with Gasteiger partial charge in [0.1, 0.15) is 0 Å². The van der Waals surface area contributed by atoms with Gasteiger partial charge in [-0.2, -0.15) is 0 Å². The SMILES string of the molecule is Cc1ccc(-c2csc(NC(=O)c3ccc4ncsc4c3)n2)cc1C. The van der Waals surface area contributed by atoms with Crippen LogP contribution in [0.2, 0.25) is 0 Å². The lowest BCUT2D eigenvalue weighted by atomic mass is 10.1. The minimum Gasteiger partial charge on any atom is -0.298 e. The molecule has 0 fully saturated rings. The number of carbonyl (C=O) groups excluding carboxylic acids is 1. The number of benzene rings is 2. The molecule has 0 spiro atoms. The summed E-state index contributed by atoms with van der Waals surface area (Å²) < 4.78 is 1.00. The Morgan fingerprint density at radius 1 is 1.04 bits per heavy atom. The van der Waals surface area contributed by atoms with E-state index in [1.807, 2.05) is 17.5 Å². The zero-order chi connectivity index (χ0) is 17.4. The normalized spacial score (nSPS) is 11.0. The number of aryl methyl sites for hydroxylation is 2. The molecule has 6 heteroatoms. The Labute approximate surface area is 153 Å². The van der Waals surface area contributed by atoms with Crippen molar-refractivity contribution in [1.29, 1.82) is 0 Å². The van der Waals surface area contributed by atoms with E-state index in [0.29, 0.717) is 10.7 Å². The molecule has 4 aromatic rings. The molecule has 0 atom stereocenters. The van der Waals surface area contributed by atoms with Crippen LogP contribution < -0.4 is 5.32 Å². The van der Waals surface area contributed by atoms with Crippen molar-refractivity contribution in [3.8, 4) is 11.3 Å². The lowest BCUT2D eigenvalue weighted by Crippen LogP contribution is -2.11. The third-order valence-electron chi connectivity index (χ3n) is 4.12. The van der Waals surface area contributed by atoms with Gasteiger partial charge >= 0.3 is 0 Å². The van der Waals surface area contributed by atoms with Crippen molar-refractivity contribution in [3.63, 3.8) is 0 Å². The summed E-state index contributed by atoms with van der Waals surface area (Å²) in [5, 5.41) is 5.45. The van der Waals surface area contributed by atoms with E-state index in [1.54, 1.807) is 11.6 Å². The Bertz CT molecular complexity index is 1080. The molecule has 0 aliphatic rings. The number of hydrogen-bond acceptors (Lipinski definition) is 5. The molecule has 2 aromatic heterocycles. The standard InChI is InChI=1S/C19H15N3OS2/c1-11-3-4-13(7-12(11)2)16-9-24-19(21-16)22-18(23)14-5-6-15-17(8-14)25-10-20-15/h3-10H,1-2H3,(H,21,22,23). The summed E-state index contributed by atoms with van der Waals surface area (Å²) in [6.07, 6.45) is 0. The highest BCUT2D eigenvalue weighted by atomic mass is 32.1. The molecule has 0 unspecified atom stereocenters. The number of nitrogens with zero attached hydrogens (tertiary/aromatic N) is 2. The molecule has 4 nitrogen and oxygen atoms in total. The zero-order valence-corrected chi connectivity index (χ0v) is 15.4. The smallest absolute Gasteiger partial charge is 0.257 e. The Hall–Kier alpha value is -2.57. The van der Waals surface area contributed by atoms with Gasteiger partial charge < -0.3 is 0 Å². The second-order valence-corrected chi connectivity index (χ2v) is 7.57. The van der Waals surface area contributed by atoms with Crippen LogP contribution in [-0.4, -0.2) is 15.9 Å². The monoisotopic (exact) mass is 365 g/mol. The molecule has 2 heterocycles. The van der Waals surface area contributed by atoms with Crippen LogP contribution >= 0.6 is 22.7 Å². The molecule has 1 N–H and O–H groups in total. The van der Waals surface area contributed by atoms with E-state index >= 15 is 0 Å². The number of amides is 1. The molecular weight excluding hydrogens is 350 g/mol. The van der Waals surface area contributed by atoms with E-state index in [9.17, 15) is 4.79 Å². The largest absolute Gasteiger partial charge is 0.298 e. The van der Waals surface area contributed by atoms with Gasteiger partial charge in [-0.25, -0.2) is 9.97 Å².